The van der Waals surface area contributed by atoms with Crippen LogP contribution in [-0.4, -0.2) is 30.4 Å². The number of nitrogens with one attached hydrogen (secondary N) is 1. The number of amides is 1. The zero-order valence-corrected chi connectivity index (χ0v) is 16.6. The molecule has 1 aliphatic carbocycles. The highest BCUT2D eigenvalue weighted by Crippen LogP contribution is 2.51. The lowest BCUT2D eigenvalue weighted by Gasteiger charge is -2.59. The lowest BCUT2D eigenvalue weighted by atomic mass is 9.57. The number of benzene rings is 2. The van der Waals surface area contributed by atoms with Crippen molar-refractivity contribution < 1.29 is 18.0 Å². The van der Waals surface area contributed by atoms with Crippen LogP contribution in [0.2, 0.25) is 5.02 Å². The van der Waals surface area contributed by atoms with Gasteiger partial charge in [0, 0.05) is 42.3 Å². The van der Waals surface area contributed by atoms with Crippen molar-refractivity contribution in [2.24, 2.45) is 11.3 Å². The Kier molecular flexibility index (Phi) is 5.58. The quantitative estimate of drug-likeness (QED) is 0.705. The van der Waals surface area contributed by atoms with Gasteiger partial charge in [0.05, 0.1) is 0 Å². The van der Waals surface area contributed by atoms with Gasteiger partial charge in [0.25, 0.3) is 12.3 Å². The van der Waals surface area contributed by atoms with E-state index in [2.05, 4.69) is 10.2 Å². The van der Waals surface area contributed by atoms with Gasteiger partial charge in [-0.2, -0.15) is 0 Å². The highest BCUT2D eigenvalue weighted by Gasteiger charge is 2.51. The Bertz CT molecular complexity index is 886. The summed E-state index contributed by atoms with van der Waals surface area (Å²) in [7, 11) is 0. The molecule has 1 amide bonds. The van der Waals surface area contributed by atoms with Crippen LogP contribution in [-0.2, 0) is 6.54 Å². The van der Waals surface area contributed by atoms with Gasteiger partial charge in [0.1, 0.15) is 5.82 Å². The van der Waals surface area contributed by atoms with Crippen LogP contribution in [0.5, 0.6) is 0 Å². The predicted octanol–water partition coefficient (Wildman–Crippen LogP) is 5.06. The highest BCUT2D eigenvalue weighted by atomic mass is 35.5. The van der Waals surface area contributed by atoms with Gasteiger partial charge in [-0.3, -0.25) is 9.69 Å². The maximum absolute atomic E-state index is 13.4. The molecule has 1 heterocycles. The molecule has 2 aromatic rings. The first-order chi connectivity index (χ1) is 13.8. The zero-order chi connectivity index (χ0) is 20.6. The fraction of sp³-hybridized carbons (Fsp3) is 0.409. The first-order valence-corrected chi connectivity index (χ1v) is 10.0. The van der Waals surface area contributed by atoms with Gasteiger partial charge in [-0.15, -0.1) is 0 Å². The number of alkyl halides is 2. The van der Waals surface area contributed by atoms with Gasteiger partial charge in [0.15, 0.2) is 0 Å². The van der Waals surface area contributed by atoms with E-state index in [1.54, 1.807) is 12.1 Å². The van der Waals surface area contributed by atoms with E-state index >= 15 is 0 Å². The summed E-state index contributed by atoms with van der Waals surface area (Å²) in [4.78, 5) is 14.4. The zero-order valence-electron chi connectivity index (χ0n) is 15.8. The molecule has 0 unspecified atom stereocenters. The number of rotatable bonds is 6. The van der Waals surface area contributed by atoms with Crippen molar-refractivity contribution in [1.82, 2.24) is 10.2 Å². The number of halogens is 4. The molecule has 1 N–H and O–H groups in total. The molecule has 4 rings (SSSR count). The molecule has 29 heavy (non-hydrogen) atoms. The van der Waals surface area contributed by atoms with E-state index in [0.29, 0.717) is 19.0 Å². The smallest absolute Gasteiger partial charge is 0.263 e. The van der Waals surface area contributed by atoms with Crippen molar-refractivity contribution in [3.05, 3.63) is 70.0 Å². The van der Waals surface area contributed by atoms with Crippen molar-refractivity contribution in [3.63, 3.8) is 0 Å². The summed E-state index contributed by atoms with van der Waals surface area (Å²) in [6, 6.07) is 10.4. The summed E-state index contributed by atoms with van der Waals surface area (Å²) in [5, 5.41) is 3.06. The number of nitrogens with zero attached hydrogens (tertiary/aromatic N) is 1. The molecule has 2 fully saturated rings. The number of carbonyl (C=O) groups excluding carboxylic acids is 1. The maximum Gasteiger partial charge on any atom is 0.263 e. The van der Waals surface area contributed by atoms with Gasteiger partial charge < -0.3 is 5.32 Å². The Morgan fingerprint density at radius 1 is 1.21 bits per heavy atom. The molecule has 0 radical (unpaired) electrons. The highest BCUT2D eigenvalue weighted by molar-refractivity contribution is 6.31. The van der Waals surface area contributed by atoms with Crippen molar-refractivity contribution in [1.29, 1.82) is 0 Å². The van der Waals surface area contributed by atoms with Crippen LogP contribution in [0.4, 0.5) is 13.2 Å². The van der Waals surface area contributed by atoms with E-state index in [9.17, 15) is 18.0 Å². The second kappa shape index (κ2) is 8.00. The average Bonchev–Trinajstić information content (AvgIpc) is 2.60. The van der Waals surface area contributed by atoms with Crippen molar-refractivity contribution in [2.45, 2.75) is 25.8 Å². The van der Waals surface area contributed by atoms with E-state index < -0.39 is 12.2 Å². The Labute approximate surface area is 172 Å². The molecule has 1 aliphatic heterocycles. The second-order valence-corrected chi connectivity index (χ2v) is 8.77. The summed E-state index contributed by atoms with van der Waals surface area (Å²) >= 11 is 5.79. The minimum absolute atomic E-state index is 0.0665. The van der Waals surface area contributed by atoms with Crippen LogP contribution >= 0.6 is 11.6 Å². The molecular formula is C22H22ClF3N2O. The molecule has 1 saturated carbocycles. The first-order valence-electron chi connectivity index (χ1n) is 9.66. The first kappa shape index (κ1) is 20.2. The number of likely N-dealkylation sites (tertiary alicyclic amines) is 1. The molecule has 0 aromatic heterocycles. The van der Waals surface area contributed by atoms with Crippen molar-refractivity contribution >= 4 is 17.5 Å². The fourth-order valence-electron chi connectivity index (χ4n) is 4.69. The van der Waals surface area contributed by atoms with Gasteiger partial charge in [-0.25, -0.2) is 13.2 Å². The molecule has 1 spiro atoms. The number of carbonyl (C=O) groups is 1. The summed E-state index contributed by atoms with van der Waals surface area (Å²) in [6.07, 6.45) is -0.376. The molecule has 2 aliphatic rings. The molecule has 7 heteroatoms. The number of hydrogen-bond acceptors (Lipinski definition) is 2. The monoisotopic (exact) mass is 422 g/mol. The van der Waals surface area contributed by atoms with Crippen LogP contribution in [0.3, 0.4) is 0 Å². The van der Waals surface area contributed by atoms with Crippen LogP contribution < -0.4 is 5.32 Å². The van der Waals surface area contributed by atoms with E-state index in [1.807, 2.05) is 6.07 Å². The molecule has 1 saturated heterocycles. The van der Waals surface area contributed by atoms with Gasteiger partial charge in [0.2, 0.25) is 0 Å². The summed E-state index contributed by atoms with van der Waals surface area (Å²) in [6.45, 7) is 3.15. The Morgan fingerprint density at radius 3 is 2.66 bits per heavy atom. The third kappa shape index (κ3) is 4.59. The standard InChI is InChI=1S/C22H22ClF3N2O/c23-18-5-17(6-19(24)7-18)21(29)27-10-15-8-22(9-15)12-28(13-22)11-14-2-1-3-16(4-14)20(25)26/h1-7,15,20H,8-13H2,(H,27,29). The summed E-state index contributed by atoms with van der Waals surface area (Å²) < 4.78 is 39.0. The van der Waals surface area contributed by atoms with Gasteiger partial charge in [-0.05, 0) is 54.0 Å². The molecule has 0 atom stereocenters. The molecule has 154 valence electrons. The lowest BCUT2D eigenvalue weighted by molar-refractivity contribution is -0.0967. The van der Waals surface area contributed by atoms with Crippen molar-refractivity contribution in [2.75, 3.05) is 19.6 Å². The Morgan fingerprint density at radius 2 is 1.97 bits per heavy atom. The number of hydrogen-bond donors (Lipinski definition) is 1. The predicted molar refractivity (Wildman–Crippen MR) is 106 cm³/mol. The summed E-state index contributed by atoms with van der Waals surface area (Å²) in [5.41, 5.74) is 1.49. The van der Waals surface area contributed by atoms with E-state index in [4.69, 9.17) is 11.6 Å². The molecule has 0 bridgehead atoms. The van der Waals surface area contributed by atoms with Crippen LogP contribution in [0, 0.1) is 17.2 Å². The van der Waals surface area contributed by atoms with Crippen LogP contribution in [0.25, 0.3) is 0 Å². The molecular weight excluding hydrogens is 401 g/mol. The lowest BCUT2D eigenvalue weighted by Crippen LogP contribution is -2.62. The summed E-state index contributed by atoms with van der Waals surface area (Å²) in [5.74, 6) is -0.437. The topological polar surface area (TPSA) is 32.3 Å². The third-order valence-electron chi connectivity index (χ3n) is 5.85. The largest absolute Gasteiger partial charge is 0.352 e. The van der Waals surface area contributed by atoms with E-state index in [0.717, 1.165) is 31.5 Å². The van der Waals surface area contributed by atoms with Gasteiger partial charge in [-0.1, -0.05) is 29.8 Å². The fourth-order valence-corrected chi connectivity index (χ4v) is 4.91. The van der Waals surface area contributed by atoms with Crippen LogP contribution in [0.15, 0.2) is 42.5 Å². The minimum Gasteiger partial charge on any atom is -0.352 e. The Balaban J connectivity index is 1.20. The molecule has 3 nitrogen and oxygen atoms in total. The normalized spacial score (nSPS) is 18.5. The van der Waals surface area contributed by atoms with E-state index in [1.165, 1.54) is 24.3 Å². The average molecular weight is 423 g/mol. The van der Waals surface area contributed by atoms with Crippen LogP contribution in [0.1, 0.15) is 40.8 Å². The maximum atomic E-state index is 13.4. The van der Waals surface area contributed by atoms with Crippen molar-refractivity contribution in [3.8, 4) is 0 Å². The van der Waals surface area contributed by atoms with E-state index in [-0.39, 0.29) is 27.5 Å². The van der Waals surface area contributed by atoms with Gasteiger partial charge >= 0.3 is 0 Å². The second-order valence-electron chi connectivity index (χ2n) is 8.33. The minimum atomic E-state index is -2.44. The molecule has 2 aromatic carbocycles. The third-order valence-corrected chi connectivity index (χ3v) is 6.06. The SMILES string of the molecule is O=C(NCC1CC2(C1)CN(Cc1cccc(C(F)F)c1)C2)c1cc(F)cc(Cl)c1. The Hall–Kier alpha value is -2.05.